The second-order valence-electron chi connectivity index (χ2n) is 5.12. The largest absolute Gasteiger partial charge is 0.394 e. The number of rotatable bonds is 14. The first-order valence-corrected chi connectivity index (χ1v) is 8.78. The number of hydrogen-bond donors (Lipinski definition) is 1. The van der Waals surface area contributed by atoms with Crippen molar-refractivity contribution in [3.05, 3.63) is 33.8 Å². The molecule has 1 rings (SSSR count). The van der Waals surface area contributed by atoms with Gasteiger partial charge in [0.25, 0.3) is 0 Å². The van der Waals surface area contributed by atoms with E-state index >= 15 is 0 Å². The zero-order valence-electron chi connectivity index (χ0n) is 13.4. The minimum atomic E-state index is 0.0958. The Balaban J connectivity index is 1.88. The van der Waals surface area contributed by atoms with Crippen molar-refractivity contribution in [2.24, 2.45) is 0 Å². The molecule has 0 unspecified atom stereocenters. The predicted octanol–water partition coefficient (Wildman–Crippen LogP) is 4.10. The lowest BCUT2D eigenvalue weighted by Crippen LogP contribution is -2.06. The van der Waals surface area contributed by atoms with Gasteiger partial charge in [0.05, 0.1) is 33.0 Å². The molecular formula is C17H26Cl2O4. The van der Waals surface area contributed by atoms with Gasteiger partial charge in [0.1, 0.15) is 0 Å². The fraction of sp³-hybridized carbons (Fsp3) is 0.647. The first kappa shape index (κ1) is 20.7. The summed E-state index contributed by atoms with van der Waals surface area (Å²) < 4.78 is 16.2. The Kier molecular flexibility index (Phi) is 12.6. The molecule has 0 radical (unpaired) electrons. The second kappa shape index (κ2) is 14.0. The number of aliphatic hydroxyl groups is 1. The van der Waals surface area contributed by atoms with E-state index in [-0.39, 0.29) is 6.61 Å². The Hall–Kier alpha value is -0.360. The first-order valence-electron chi connectivity index (χ1n) is 8.02. The van der Waals surface area contributed by atoms with Gasteiger partial charge in [0.2, 0.25) is 0 Å². The van der Waals surface area contributed by atoms with Crippen LogP contribution in [0.2, 0.25) is 10.0 Å². The third-order valence-corrected chi connectivity index (χ3v) is 3.95. The Morgan fingerprint density at radius 2 is 1.30 bits per heavy atom. The fourth-order valence-electron chi connectivity index (χ4n) is 1.99. The van der Waals surface area contributed by atoms with Crippen LogP contribution >= 0.6 is 23.2 Å². The second-order valence-corrected chi connectivity index (χ2v) is 5.93. The van der Waals surface area contributed by atoms with Crippen LogP contribution in [-0.2, 0) is 20.8 Å². The standard InChI is InChI=1S/C17H26Cl2O4/c18-16-6-5-7-17(19)15(16)14-23-13-12-22-10-4-2-1-3-9-21-11-8-20/h5-7,20H,1-4,8-14H2. The zero-order valence-corrected chi connectivity index (χ0v) is 14.9. The van der Waals surface area contributed by atoms with Gasteiger partial charge in [-0.2, -0.15) is 0 Å². The van der Waals surface area contributed by atoms with Gasteiger partial charge in [-0.1, -0.05) is 42.1 Å². The molecule has 0 amide bonds. The number of ether oxygens (including phenoxy) is 3. The van der Waals surface area contributed by atoms with Gasteiger partial charge in [0.15, 0.2) is 0 Å². The normalized spacial score (nSPS) is 11.1. The summed E-state index contributed by atoms with van der Waals surface area (Å²) in [6.07, 6.45) is 4.31. The van der Waals surface area contributed by atoms with E-state index in [2.05, 4.69) is 0 Å². The van der Waals surface area contributed by atoms with Crippen LogP contribution in [0.1, 0.15) is 31.2 Å². The highest BCUT2D eigenvalue weighted by Crippen LogP contribution is 2.24. The molecule has 0 saturated heterocycles. The van der Waals surface area contributed by atoms with Crippen LogP contribution in [0.4, 0.5) is 0 Å². The van der Waals surface area contributed by atoms with Gasteiger partial charge in [-0.05, 0) is 25.0 Å². The maximum Gasteiger partial charge on any atom is 0.0747 e. The fourth-order valence-corrected chi connectivity index (χ4v) is 2.50. The van der Waals surface area contributed by atoms with Gasteiger partial charge in [0, 0.05) is 28.8 Å². The molecule has 0 atom stereocenters. The average Bonchev–Trinajstić information content (AvgIpc) is 2.54. The lowest BCUT2D eigenvalue weighted by atomic mass is 10.2. The summed E-state index contributed by atoms with van der Waals surface area (Å²) in [7, 11) is 0. The maximum atomic E-state index is 8.55. The monoisotopic (exact) mass is 364 g/mol. The van der Waals surface area contributed by atoms with Crippen LogP contribution in [0.3, 0.4) is 0 Å². The van der Waals surface area contributed by atoms with E-state index in [1.807, 2.05) is 6.07 Å². The lowest BCUT2D eigenvalue weighted by Gasteiger charge is -2.08. The Morgan fingerprint density at radius 3 is 1.91 bits per heavy atom. The topological polar surface area (TPSA) is 47.9 Å². The number of halogens is 2. The maximum absolute atomic E-state index is 8.55. The number of hydrogen-bond acceptors (Lipinski definition) is 4. The van der Waals surface area contributed by atoms with Crippen molar-refractivity contribution < 1.29 is 19.3 Å². The SMILES string of the molecule is OCCOCCCCCCOCCOCc1c(Cl)cccc1Cl. The number of benzene rings is 1. The third kappa shape index (κ3) is 10.2. The van der Waals surface area contributed by atoms with Crippen LogP contribution in [0.5, 0.6) is 0 Å². The predicted molar refractivity (Wildman–Crippen MR) is 93.3 cm³/mol. The summed E-state index contributed by atoms with van der Waals surface area (Å²) in [4.78, 5) is 0. The van der Waals surface area contributed by atoms with E-state index in [9.17, 15) is 0 Å². The Bertz CT molecular complexity index is 395. The molecule has 0 aliphatic heterocycles. The van der Waals surface area contributed by atoms with Crippen LogP contribution in [0, 0.1) is 0 Å². The molecule has 132 valence electrons. The van der Waals surface area contributed by atoms with E-state index in [1.54, 1.807) is 12.1 Å². The molecule has 1 aromatic rings. The molecule has 0 heterocycles. The van der Waals surface area contributed by atoms with Gasteiger partial charge < -0.3 is 19.3 Å². The summed E-state index contributed by atoms with van der Waals surface area (Å²) >= 11 is 12.1. The molecule has 4 nitrogen and oxygen atoms in total. The molecule has 0 spiro atoms. The summed E-state index contributed by atoms with van der Waals surface area (Å²) in [6, 6.07) is 5.42. The Labute approximate surface area is 148 Å². The van der Waals surface area contributed by atoms with Crippen LogP contribution < -0.4 is 0 Å². The molecule has 0 saturated carbocycles. The van der Waals surface area contributed by atoms with Gasteiger partial charge in [-0.25, -0.2) is 0 Å². The van der Waals surface area contributed by atoms with Crippen molar-refractivity contribution in [3.8, 4) is 0 Å². The zero-order chi connectivity index (χ0) is 16.8. The molecule has 1 aromatic carbocycles. The van der Waals surface area contributed by atoms with Crippen molar-refractivity contribution >= 4 is 23.2 Å². The summed E-state index contributed by atoms with van der Waals surface area (Å²) in [6.45, 7) is 3.49. The van der Waals surface area contributed by atoms with Crippen molar-refractivity contribution in [1.29, 1.82) is 0 Å². The number of aliphatic hydroxyl groups excluding tert-OH is 1. The molecule has 23 heavy (non-hydrogen) atoms. The van der Waals surface area contributed by atoms with Crippen LogP contribution in [-0.4, -0.2) is 44.7 Å². The van der Waals surface area contributed by atoms with Crippen molar-refractivity contribution in [2.75, 3.05) is 39.6 Å². The summed E-state index contributed by atoms with van der Waals surface area (Å²) in [5.74, 6) is 0. The highest BCUT2D eigenvalue weighted by Gasteiger charge is 2.04. The number of unbranched alkanes of at least 4 members (excludes halogenated alkanes) is 3. The smallest absolute Gasteiger partial charge is 0.0747 e. The molecule has 0 fully saturated rings. The van der Waals surface area contributed by atoms with Gasteiger partial charge in [-0.15, -0.1) is 0 Å². The minimum Gasteiger partial charge on any atom is -0.394 e. The molecule has 0 aromatic heterocycles. The van der Waals surface area contributed by atoms with Crippen LogP contribution in [0.25, 0.3) is 0 Å². The van der Waals surface area contributed by atoms with E-state index < -0.39 is 0 Å². The minimum absolute atomic E-state index is 0.0958. The van der Waals surface area contributed by atoms with Gasteiger partial charge in [-0.3, -0.25) is 0 Å². The first-order chi connectivity index (χ1) is 11.3. The van der Waals surface area contributed by atoms with Crippen molar-refractivity contribution in [1.82, 2.24) is 0 Å². The highest BCUT2D eigenvalue weighted by atomic mass is 35.5. The summed E-state index contributed by atoms with van der Waals surface area (Å²) in [5.41, 5.74) is 0.819. The molecular weight excluding hydrogens is 339 g/mol. The lowest BCUT2D eigenvalue weighted by molar-refractivity contribution is 0.0390. The van der Waals surface area contributed by atoms with Crippen molar-refractivity contribution in [3.63, 3.8) is 0 Å². The van der Waals surface area contributed by atoms with Gasteiger partial charge >= 0.3 is 0 Å². The van der Waals surface area contributed by atoms with E-state index in [1.165, 1.54) is 0 Å². The van der Waals surface area contributed by atoms with E-state index in [0.29, 0.717) is 36.5 Å². The van der Waals surface area contributed by atoms with E-state index in [4.69, 9.17) is 42.5 Å². The van der Waals surface area contributed by atoms with Crippen LogP contribution in [0.15, 0.2) is 18.2 Å². The molecule has 0 bridgehead atoms. The van der Waals surface area contributed by atoms with Crippen molar-refractivity contribution in [2.45, 2.75) is 32.3 Å². The van der Waals surface area contributed by atoms with E-state index in [0.717, 1.165) is 44.5 Å². The Morgan fingerprint density at radius 1 is 0.739 bits per heavy atom. The average molecular weight is 365 g/mol. The highest BCUT2D eigenvalue weighted by molar-refractivity contribution is 6.35. The quantitative estimate of drug-likeness (QED) is 0.505. The molecule has 6 heteroatoms. The molecule has 0 aliphatic carbocycles. The summed E-state index contributed by atoms with van der Waals surface area (Å²) in [5, 5.41) is 9.81. The third-order valence-electron chi connectivity index (χ3n) is 3.24. The molecule has 0 aliphatic rings. The molecule has 1 N–H and O–H groups in total.